The number of halogens is 2. The molecular weight excluding hydrogens is 365 g/mol. The number of hydrogen-bond donors (Lipinski definition) is 2. The minimum Gasteiger partial charge on any atom is -0.396 e. The van der Waals surface area contributed by atoms with Crippen molar-refractivity contribution in [1.29, 1.82) is 0 Å². The zero-order valence-electron chi connectivity index (χ0n) is 11.5. The van der Waals surface area contributed by atoms with Crippen LogP contribution in [0.25, 0.3) is 0 Å². The summed E-state index contributed by atoms with van der Waals surface area (Å²) in [5.41, 5.74) is 10.2. The number of rotatable bonds is 7. The van der Waals surface area contributed by atoms with Crippen LogP contribution in [0.15, 0.2) is 21.5 Å². The van der Waals surface area contributed by atoms with Crippen LogP contribution in [0.3, 0.4) is 0 Å². The van der Waals surface area contributed by atoms with Gasteiger partial charge in [0.2, 0.25) is 15.9 Å². The van der Waals surface area contributed by atoms with Gasteiger partial charge in [-0.3, -0.25) is 4.79 Å². The number of sulfonamides is 1. The summed E-state index contributed by atoms with van der Waals surface area (Å²) in [6, 6.07) is 2.00. The summed E-state index contributed by atoms with van der Waals surface area (Å²) in [6.45, 7) is 1.60. The highest BCUT2D eigenvalue weighted by Gasteiger charge is 2.28. The summed E-state index contributed by atoms with van der Waals surface area (Å²) in [5, 5.41) is 0. The van der Waals surface area contributed by atoms with Crippen molar-refractivity contribution in [2.75, 3.05) is 18.8 Å². The van der Waals surface area contributed by atoms with Crippen LogP contribution in [0.2, 0.25) is 0 Å². The van der Waals surface area contributed by atoms with E-state index in [1.807, 2.05) is 6.92 Å². The highest BCUT2D eigenvalue weighted by atomic mass is 79.9. The van der Waals surface area contributed by atoms with Gasteiger partial charge in [-0.2, -0.15) is 4.31 Å². The normalized spacial score (nSPS) is 11.8. The van der Waals surface area contributed by atoms with Gasteiger partial charge >= 0.3 is 0 Å². The van der Waals surface area contributed by atoms with Crippen LogP contribution in [0.4, 0.5) is 10.1 Å². The molecule has 9 heteroatoms. The van der Waals surface area contributed by atoms with E-state index in [4.69, 9.17) is 11.5 Å². The van der Waals surface area contributed by atoms with Gasteiger partial charge in [-0.05, 0) is 34.5 Å². The number of carbonyl (C=O) groups excluding carboxylic acids is 1. The monoisotopic (exact) mass is 381 g/mol. The number of hydrogen-bond acceptors (Lipinski definition) is 4. The average molecular weight is 382 g/mol. The standard InChI is InChI=1S/C12H17BrFN3O3S/c1-2-3-4-17(7-12(16)18)21(19,20)11-6-10(15)9(14)5-8(11)13/h5-6H,2-4,7,15H2,1H3,(H2,16,18). The van der Waals surface area contributed by atoms with Crippen molar-refractivity contribution in [1.82, 2.24) is 4.31 Å². The largest absolute Gasteiger partial charge is 0.396 e. The van der Waals surface area contributed by atoms with Crippen molar-refractivity contribution in [3.05, 3.63) is 22.4 Å². The lowest BCUT2D eigenvalue weighted by Gasteiger charge is -2.21. The van der Waals surface area contributed by atoms with Crippen LogP contribution in [-0.2, 0) is 14.8 Å². The van der Waals surface area contributed by atoms with Gasteiger partial charge in [0.25, 0.3) is 0 Å². The van der Waals surface area contributed by atoms with Crippen molar-refractivity contribution in [2.24, 2.45) is 5.73 Å². The smallest absolute Gasteiger partial charge is 0.244 e. The molecule has 6 nitrogen and oxygen atoms in total. The number of nitrogens with two attached hydrogens (primary N) is 2. The van der Waals surface area contributed by atoms with E-state index in [9.17, 15) is 17.6 Å². The molecule has 0 saturated heterocycles. The molecule has 0 aliphatic rings. The van der Waals surface area contributed by atoms with Crippen LogP contribution in [-0.4, -0.2) is 31.7 Å². The van der Waals surface area contributed by atoms with Gasteiger partial charge in [-0.15, -0.1) is 0 Å². The van der Waals surface area contributed by atoms with Gasteiger partial charge in [0.15, 0.2) is 0 Å². The number of carbonyl (C=O) groups is 1. The van der Waals surface area contributed by atoms with Crippen LogP contribution in [0.1, 0.15) is 19.8 Å². The van der Waals surface area contributed by atoms with Crippen molar-refractivity contribution in [3.8, 4) is 0 Å². The van der Waals surface area contributed by atoms with Crippen LogP contribution in [0, 0.1) is 5.82 Å². The van der Waals surface area contributed by atoms with Gasteiger partial charge in [-0.1, -0.05) is 13.3 Å². The fourth-order valence-corrected chi connectivity index (χ4v) is 4.13. The third-order valence-corrected chi connectivity index (χ3v) is 5.57. The third-order valence-electron chi connectivity index (χ3n) is 2.76. The Labute approximate surface area is 131 Å². The first-order chi connectivity index (χ1) is 9.70. The highest BCUT2D eigenvalue weighted by Crippen LogP contribution is 2.29. The Balaban J connectivity index is 3.27. The summed E-state index contributed by atoms with van der Waals surface area (Å²) >= 11 is 3.00. The number of amides is 1. The molecule has 118 valence electrons. The third kappa shape index (κ3) is 4.39. The van der Waals surface area contributed by atoms with Crippen LogP contribution >= 0.6 is 15.9 Å². The van der Waals surface area contributed by atoms with Crippen molar-refractivity contribution in [3.63, 3.8) is 0 Å². The molecule has 0 aromatic heterocycles. The van der Waals surface area contributed by atoms with E-state index in [1.54, 1.807) is 0 Å². The minimum atomic E-state index is -4.00. The van der Waals surface area contributed by atoms with E-state index in [0.717, 1.165) is 22.9 Å². The Morgan fingerprint density at radius 1 is 1.43 bits per heavy atom. The van der Waals surface area contributed by atoms with Gasteiger partial charge in [0.1, 0.15) is 5.82 Å². The fraction of sp³-hybridized carbons (Fsp3) is 0.417. The molecule has 0 unspecified atom stereocenters. The lowest BCUT2D eigenvalue weighted by molar-refractivity contribution is -0.118. The molecule has 0 spiro atoms. The summed E-state index contributed by atoms with van der Waals surface area (Å²) in [6.07, 6.45) is 1.32. The van der Waals surface area contributed by atoms with Crippen LogP contribution < -0.4 is 11.5 Å². The fourth-order valence-electron chi connectivity index (χ4n) is 1.67. The predicted octanol–water partition coefficient (Wildman–Crippen LogP) is 1.45. The molecule has 4 N–H and O–H groups in total. The van der Waals surface area contributed by atoms with E-state index in [2.05, 4.69) is 15.9 Å². The van der Waals surface area contributed by atoms with E-state index >= 15 is 0 Å². The molecule has 1 amide bonds. The average Bonchev–Trinajstić information content (AvgIpc) is 2.38. The maximum Gasteiger partial charge on any atom is 0.244 e. The zero-order chi connectivity index (χ0) is 16.2. The summed E-state index contributed by atoms with van der Waals surface area (Å²) < 4.78 is 39.5. The minimum absolute atomic E-state index is 0.0418. The Hall–Kier alpha value is -1.19. The molecule has 0 saturated carbocycles. The van der Waals surface area contributed by atoms with E-state index in [-0.39, 0.29) is 21.6 Å². The second-order valence-electron chi connectivity index (χ2n) is 4.46. The second kappa shape index (κ2) is 7.19. The number of nitrogen functional groups attached to an aromatic ring is 1. The first-order valence-corrected chi connectivity index (χ1v) is 8.46. The zero-order valence-corrected chi connectivity index (χ0v) is 13.9. The summed E-state index contributed by atoms with van der Waals surface area (Å²) in [4.78, 5) is 10.9. The van der Waals surface area contributed by atoms with E-state index in [1.165, 1.54) is 0 Å². The molecule has 1 rings (SSSR count). The topological polar surface area (TPSA) is 106 Å². The highest BCUT2D eigenvalue weighted by molar-refractivity contribution is 9.10. The van der Waals surface area contributed by atoms with Crippen LogP contribution in [0.5, 0.6) is 0 Å². The molecular formula is C12H17BrFN3O3S. The molecule has 0 atom stereocenters. The predicted molar refractivity (Wildman–Crippen MR) is 81.4 cm³/mol. The van der Waals surface area contributed by atoms with Gasteiger partial charge in [0, 0.05) is 11.0 Å². The van der Waals surface area contributed by atoms with Gasteiger partial charge < -0.3 is 11.5 Å². The number of unbranched alkanes of at least 4 members (excludes halogenated alkanes) is 1. The first kappa shape index (κ1) is 17.9. The molecule has 0 aliphatic carbocycles. The molecule has 0 heterocycles. The van der Waals surface area contributed by atoms with Gasteiger partial charge in [0.05, 0.1) is 17.1 Å². The van der Waals surface area contributed by atoms with Gasteiger partial charge in [-0.25, -0.2) is 12.8 Å². The number of anilines is 1. The van der Waals surface area contributed by atoms with Crippen molar-refractivity contribution in [2.45, 2.75) is 24.7 Å². The summed E-state index contributed by atoms with van der Waals surface area (Å²) in [7, 11) is -4.00. The molecule has 1 aromatic rings. The Morgan fingerprint density at radius 3 is 2.57 bits per heavy atom. The Morgan fingerprint density at radius 2 is 2.05 bits per heavy atom. The molecule has 1 aromatic carbocycles. The van der Waals surface area contributed by atoms with E-state index < -0.39 is 28.3 Å². The summed E-state index contributed by atoms with van der Waals surface area (Å²) in [5.74, 6) is -1.49. The SMILES string of the molecule is CCCCN(CC(N)=O)S(=O)(=O)c1cc(N)c(F)cc1Br. The molecule has 0 fully saturated rings. The maximum absolute atomic E-state index is 13.3. The molecule has 21 heavy (non-hydrogen) atoms. The number of nitrogens with zero attached hydrogens (tertiary/aromatic N) is 1. The molecule has 0 radical (unpaired) electrons. The first-order valence-electron chi connectivity index (χ1n) is 6.23. The lowest BCUT2D eigenvalue weighted by atomic mass is 10.3. The van der Waals surface area contributed by atoms with E-state index in [0.29, 0.717) is 6.42 Å². The Kier molecular flexibility index (Phi) is 6.11. The molecule has 0 aliphatic heterocycles. The molecule has 0 bridgehead atoms. The Bertz CT molecular complexity index is 637. The maximum atomic E-state index is 13.3. The van der Waals surface area contributed by atoms with Crippen molar-refractivity contribution >= 4 is 37.5 Å². The number of benzene rings is 1. The second-order valence-corrected chi connectivity index (χ2v) is 7.22. The number of primary amides is 1. The quantitative estimate of drug-likeness (QED) is 0.696. The van der Waals surface area contributed by atoms with Crippen molar-refractivity contribution < 1.29 is 17.6 Å². The lowest BCUT2D eigenvalue weighted by Crippen LogP contribution is -2.39.